The van der Waals surface area contributed by atoms with Crippen molar-refractivity contribution in [2.75, 3.05) is 13.2 Å². The van der Waals surface area contributed by atoms with E-state index in [0.29, 0.717) is 19.3 Å². The Morgan fingerprint density at radius 3 is 0.728 bits per heavy atom. The molecular weight excluding hydrogens is 997 g/mol. The van der Waals surface area contributed by atoms with Gasteiger partial charge in [0.25, 0.3) is 0 Å². The van der Waals surface area contributed by atoms with Crippen LogP contribution in [0.5, 0.6) is 0 Å². The molecule has 0 spiro atoms. The van der Waals surface area contributed by atoms with Gasteiger partial charge in [0.15, 0.2) is 6.10 Å². The van der Waals surface area contributed by atoms with Crippen molar-refractivity contribution in [2.24, 2.45) is 0 Å². The van der Waals surface area contributed by atoms with Crippen molar-refractivity contribution >= 4 is 17.9 Å². The van der Waals surface area contributed by atoms with Gasteiger partial charge in [-0.05, 0) is 96.3 Å². The third-order valence-electron chi connectivity index (χ3n) is 16.3. The molecule has 6 heteroatoms. The maximum Gasteiger partial charge on any atom is 0.306 e. The summed E-state index contributed by atoms with van der Waals surface area (Å²) < 4.78 is 17.0. The van der Waals surface area contributed by atoms with E-state index in [0.717, 1.165) is 70.6 Å². The lowest BCUT2D eigenvalue weighted by Crippen LogP contribution is -2.30. The minimum atomic E-state index is -0.776. The molecule has 0 aromatic heterocycles. The van der Waals surface area contributed by atoms with E-state index in [4.69, 9.17) is 14.2 Å². The van der Waals surface area contributed by atoms with Gasteiger partial charge in [0, 0.05) is 19.3 Å². The molecule has 0 aliphatic carbocycles. The third-order valence-corrected chi connectivity index (χ3v) is 16.3. The molecule has 0 bridgehead atoms. The van der Waals surface area contributed by atoms with E-state index in [1.807, 2.05) is 0 Å². The number of ether oxygens (including phenoxy) is 3. The molecule has 0 aliphatic heterocycles. The smallest absolute Gasteiger partial charge is 0.306 e. The summed E-state index contributed by atoms with van der Waals surface area (Å²) in [4.78, 5) is 38.3. The maximum atomic E-state index is 12.9. The molecule has 1 unspecified atom stereocenters. The van der Waals surface area contributed by atoms with Crippen molar-refractivity contribution in [3.05, 3.63) is 48.6 Å². The molecule has 1 atom stereocenters. The van der Waals surface area contributed by atoms with Crippen LogP contribution in [0.2, 0.25) is 0 Å². The molecular formula is C75H138O6. The fourth-order valence-corrected chi connectivity index (χ4v) is 10.8. The number of hydrogen-bond donors (Lipinski definition) is 0. The minimum Gasteiger partial charge on any atom is -0.462 e. The van der Waals surface area contributed by atoms with E-state index in [1.54, 1.807) is 0 Å². The topological polar surface area (TPSA) is 78.9 Å². The number of esters is 3. The van der Waals surface area contributed by atoms with Crippen LogP contribution in [0, 0.1) is 0 Å². The van der Waals surface area contributed by atoms with Crippen molar-refractivity contribution in [3.63, 3.8) is 0 Å². The number of rotatable bonds is 67. The number of carbonyl (C=O) groups excluding carboxylic acids is 3. The van der Waals surface area contributed by atoms with Crippen LogP contribution in [0.3, 0.4) is 0 Å². The lowest BCUT2D eigenvalue weighted by atomic mass is 10.0. The Hall–Kier alpha value is -2.63. The molecule has 81 heavy (non-hydrogen) atoms. The highest BCUT2D eigenvalue weighted by Crippen LogP contribution is 2.18. The standard InChI is InChI=1S/C75H138O6/c1-4-7-10-13-16-19-22-24-26-28-30-31-32-33-34-35-36-37-38-39-40-41-42-43-45-46-48-50-53-56-59-62-65-68-74(77)80-71-72(70-79-73(76)67-64-61-58-55-52-21-18-15-12-9-6-3)81-75(78)69-66-63-60-57-54-51-49-47-44-29-27-25-23-20-17-14-11-8-5-2/h15,18,22,24-25,27-28,30,72H,4-14,16-17,19-21,23,26,29,31-71H2,1-3H3/b18-15-,24-22-,27-25-,30-28-. The third kappa shape index (κ3) is 68.0. The summed E-state index contributed by atoms with van der Waals surface area (Å²) in [5, 5.41) is 0. The van der Waals surface area contributed by atoms with Gasteiger partial charge in [-0.15, -0.1) is 0 Å². The highest BCUT2D eigenvalue weighted by Gasteiger charge is 2.19. The predicted molar refractivity (Wildman–Crippen MR) is 353 cm³/mol. The van der Waals surface area contributed by atoms with Crippen LogP contribution < -0.4 is 0 Å². The number of unbranched alkanes of at least 4 members (excludes halogenated alkanes) is 48. The van der Waals surface area contributed by atoms with Gasteiger partial charge in [0.1, 0.15) is 13.2 Å². The van der Waals surface area contributed by atoms with Crippen LogP contribution in [0.25, 0.3) is 0 Å². The van der Waals surface area contributed by atoms with Crippen LogP contribution in [0.15, 0.2) is 48.6 Å². The van der Waals surface area contributed by atoms with E-state index in [2.05, 4.69) is 69.4 Å². The van der Waals surface area contributed by atoms with E-state index in [9.17, 15) is 14.4 Å². The van der Waals surface area contributed by atoms with Crippen molar-refractivity contribution < 1.29 is 28.6 Å². The molecule has 0 aromatic carbocycles. The van der Waals surface area contributed by atoms with Crippen LogP contribution >= 0.6 is 0 Å². The van der Waals surface area contributed by atoms with Crippen LogP contribution in [-0.4, -0.2) is 37.2 Å². The molecule has 0 heterocycles. The van der Waals surface area contributed by atoms with Crippen LogP contribution in [-0.2, 0) is 28.6 Å². The summed E-state index contributed by atoms with van der Waals surface area (Å²) in [5.41, 5.74) is 0. The average molecular weight is 1140 g/mol. The summed E-state index contributed by atoms with van der Waals surface area (Å²) in [6.07, 6.45) is 88.8. The van der Waals surface area contributed by atoms with Crippen molar-refractivity contribution in [3.8, 4) is 0 Å². The molecule has 0 amide bonds. The van der Waals surface area contributed by atoms with Gasteiger partial charge in [0.2, 0.25) is 0 Å². The van der Waals surface area contributed by atoms with Crippen LogP contribution in [0.1, 0.15) is 393 Å². The van der Waals surface area contributed by atoms with Crippen molar-refractivity contribution in [2.45, 2.75) is 399 Å². The van der Waals surface area contributed by atoms with Gasteiger partial charge in [-0.25, -0.2) is 0 Å². The maximum absolute atomic E-state index is 12.9. The first-order valence-electron chi connectivity index (χ1n) is 36.1. The molecule has 0 aromatic rings. The molecule has 0 saturated carbocycles. The lowest BCUT2D eigenvalue weighted by molar-refractivity contribution is -0.167. The molecule has 0 fully saturated rings. The Labute approximate surface area is 505 Å². The van der Waals surface area contributed by atoms with E-state index in [1.165, 1.54) is 283 Å². The Morgan fingerprint density at radius 1 is 0.247 bits per heavy atom. The molecule has 0 N–H and O–H groups in total. The van der Waals surface area contributed by atoms with Gasteiger partial charge < -0.3 is 14.2 Å². The summed E-state index contributed by atoms with van der Waals surface area (Å²) in [5.74, 6) is -0.860. The summed E-state index contributed by atoms with van der Waals surface area (Å²) in [6.45, 7) is 6.64. The van der Waals surface area contributed by atoms with Gasteiger partial charge in [-0.2, -0.15) is 0 Å². The fraction of sp³-hybridized carbons (Fsp3) is 0.853. The average Bonchev–Trinajstić information content (AvgIpc) is 3.47. The first-order chi connectivity index (χ1) is 40.0. The molecule has 6 nitrogen and oxygen atoms in total. The normalized spacial score (nSPS) is 12.3. The summed E-state index contributed by atoms with van der Waals surface area (Å²) >= 11 is 0. The fourth-order valence-electron chi connectivity index (χ4n) is 10.8. The predicted octanol–water partition coefficient (Wildman–Crippen LogP) is 24.9. The Morgan fingerprint density at radius 2 is 0.457 bits per heavy atom. The monoisotopic (exact) mass is 1140 g/mol. The van der Waals surface area contributed by atoms with Gasteiger partial charge in [0.05, 0.1) is 0 Å². The second-order valence-corrected chi connectivity index (χ2v) is 24.5. The molecule has 0 rings (SSSR count). The molecule has 0 saturated heterocycles. The molecule has 474 valence electrons. The Bertz CT molecular complexity index is 1400. The largest absolute Gasteiger partial charge is 0.462 e. The highest BCUT2D eigenvalue weighted by atomic mass is 16.6. The van der Waals surface area contributed by atoms with Crippen LogP contribution in [0.4, 0.5) is 0 Å². The van der Waals surface area contributed by atoms with Crippen molar-refractivity contribution in [1.82, 2.24) is 0 Å². The first kappa shape index (κ1) is 78.4. The van der Waals surface area contributed by atoms with E-state index < -0.39 is 6.10 Å². The summed E-state index contributed by atoms with van der Waals surface area (Å²) in [6, 6.07) is 0. The zero-order valence-electron chi connectivity index (χ0n) is 54.6. The van der Waals surface area contributed by atoms with Gasteiger partial charge in [-0.3, -0.25) is 14.4 Å². The zero-order valence-corrected chi connectivity index (χ0v) is 54.6. The van der Waals surface area contributed by atoms with Crippen molar-refractivity contribution in [1.29, 1.82) is 0 Å². The van der Waals surface area contributed by atoms with E-state index in [-0.39, 0.29) is 31.1 Å². The minimum absolute atomic E-state index is 0.0720. The molecule has 0 aliphatic rings. The second kappa shape index (κ2) is 69.9. The second-order valence-electron chi connectivity index (χ2n) is 24.5. The SMILES string of the molecule is CCCC/C=C\CCCCCCCC(=O)OCC(COC(=O)CCCCCCCCCCCCCCCCCCCCCCC/C=C\C/C=C\CCCCCCC)OC(=O)CCCCCCCCCCC/C=C\CCCCCCCC. The summed E-state index contributed by atoms with van der Waals surface area (Å²) in [7, 11) is 0. The van der Waals surface area contributed by atoms with Gasteiger partial charge in [-0.1, -0.05) is 326 Å². The number of hydrogen-bond acceptors (Lipinski definition) is 6. The first-order valence-corrected chi connectivity index (χ1v) is 36.1. The molecule has 0 radical (unpaired) electrons. The Kier molecular flexibility index (Phi) is 67.6. The number of carbonyl (C=O) groups is 3. The zero-order chi connectivity index (χ0) is 58.5. The number of allylic oxidation sites excluding steroid dienone is 8. The van der Waals surface area contributed by atoms with E-state index >= 15 is 0 Å². The quantitative estimate of drug-likeness (QED) is 0.0261. The highest BCUT2D eigenvalue weighted by molar-refractivity contribution is 5.71. The van der Waals surface area contributed by atoms with Gasteiger partial charge >= 0.3 is 17.9 Å². The lowest BCUT2D eigenvalue weighted by Gasteiger charge is -2.18. The Balaban J connectivity index is 4.09.